The van der Waals surface area contributed by atoms with Gasteiger partial charge >= 0.3 is 11.9 Å². The van der Waals surface area contributed by atoms with Crippen molar-refractivity contribution in [3.63, 3.8) is 0 Å². The molecule has 1 aliphatic heterocycles. The van der Waals surface area contributed by atoms with Crippen LogP contribution in [0.1, 0.15) is 36.8 Å². The maximum atomic E-state index is 13.4. The highest BCUT2D eigenvalue weighted by Gasteiger charge is 2.32. The third-order valence-corrected chi connectivity index (χ3v) is 6.56. The summed E-state index contributed by atoms with van der Waals surface area (Å²) in [5.74, 6) is -4.45. The summed E-state index contributed by atoms with van der Waals surface area (Å²) < 4.78 is 0. The first-order chi connectivity index (χ1) is 19.1. The Morgan fingerprint density at radius 3 is 2.00 bits per heavy atom. The smallest absolute Gasteiger partial charge is 0.326 e. The number of aliphatic carboxylic acids is 2. The average molecular weight is 555 g/mol. The SMILES string of the molecule is O=C(O)CCC(NC(=O)C(Cc1ccc(O)cc1)NC(=O)C1CCCN1)C(=O)NC(Cc1ccccc1)C(=O)O. The molecular formula is C28H34N4O8. The highest BCUT2D eigenvalue weighted by Crippen LogP contribution is 2.13. The van der Waals surface area contributed by atoms with Crippen molar-refractivity contribution in [2.24, 2.45) is 0 Å². The number of hydrogen-bond donors (Lipinski definition) is 7. The first-order valence-corrected chi connectivity index (χ1v) is 13.0. The van der Waals surface area contributed by atoms with Crippen LogP contribution in [0, 0.1) is 0 Å². The molecule has 0 saturated carbocycles. The zero-order chi connectivity index (χ0) is 29.1. The maximum Gasteiger partial charge on any atom is 0.326 e. The van der Waals surface area contributed by atoms with Crippen LogP contribution in [0.3, 0.4) is 0 Å². The topological polar surface area (TPSA) is 194 Å². The molecule has 4 unspecified atom stereocenters. The summed E-state index contributed by atoms with van der Waals surface area (Å²) in [6.45, 7) is 0.665. The predicted molar refractivity (Wildman–Crippen MR) is 143 cm³/mol. The summed E-state index contributed by atoms with van der Waals surface area (Å²) >= 11 is 0. The van der Waals surface area contributed by atoms with Gasteiger partial charge in [-0.1, -0.05) is 42.5 Å². The number of benzene rings is 2. The number of carbonyl (C=O) groups excluding carboxylic acids is 3. The van der Waals surface area contributed by atoms with Gasteiger partial charge in [0.05, 0.1) is 6.04 Å². The standard InChI is InChI=1S/C28H34N4O8/c33-19-10-8-18(9-11-19)15-22(31-25(36)20-7-4-14-29-20)27(38)30-21(12-13-24(34)35)26(37)32-23(28(39)40)16-17-5-2-1-3-6-17/h1-3,5-6,8-11,20-23,29,33H,4,7,12-16H2,(H,30,38)(H,31,36)(H,32,37)(H,34,35)(H,39,40). The molecule has 1 saturated heterocycles. The first-order valence-electron chi connectivity index (χ1n) is 13.0. The van der Waals surface area contributed by atoms with E-state index in [9.17, 15) is 39.3 Å². The Balaban J connectivity index is 1.77. The second-order valence-electron chi connectivity index (χ2n) is 9.66. The lowest BCUT2D eigenvalue weighted by molar-refractivity contribution is -0.143. The molecule has 0 aliphatic carbocycles. The zero-order valence-electron chi connectivity index (χ0n) is 21.8. The quantitative estimate of drug-likeness (QED) is 0.172. The summed E-state index contributed by atoms with van der Waals surface area (Å²) in [5.41, 5.74) is 1.29. The lowest BCUT2D eigenvalue weighted by atomic mass is 10.0. The van der Waals surface area contributed by atoms with Crippen LogP contribution in [0.4, 0.5) is 0 Å². The Bertz CT molecular complexity index is 1180. The van der Waals surface area contributed by atoms with E-state index in [1.54, 1.807) is 42.5 Å². The van der Waals surface area contributed by atoms with Crippen molar-refractivity contribution in [1.82, 2.24) is 21.3 Å². The summed E-state index contributed by atoms with van der Waals surface area (Å²) in [6, 6.07) is 10.4. The molecule has 12 nitrogen and oxygen atoms in total. The molecule has 2 aromatic rings. The zero-order valence-corrected chi connectivity index (χ0v) is 21.8. The third-order valence-electron chi connectivity index (χ3n) is 6.56. The minimum Gasteiger partial charge on any atom is -0.508 e. The summed E-state index contributed by atoms with van der Waals surface area (Å²) in [6.07, 6.45) is 0.655. The molecule has 3 amide bonds. The fraction of sp³-hybridized carbons (Fsp3) is 0.393. The molecule has 2 aromatic carbocycles. The number of rotatable bonds is 14. The second kappa shape index (κ2) is 14.6. The number of hydrogen-bond acceptors (Lipinski definition) is 7. The van der Waals surface area contributed by atoms with Crippen molar-refractivity contribution in [1.29, 1.82) is 0 Å². The largest absolute Gasteiger partial charge is 0.508 e. The van der Waals surface area contributed by atoms with Gasteiger partial charge in [0.2, 0.25) is 17.7 Å². The number of carboxylic acid groups (broad SMARTS) is 2. The molecule has 1 heterocycles. The maximum absolute atomic E-state index is 13.4. The average Bonchev–Trinajstić information content (AvgIpc) is 3.47. The van der Waals surface area contributed by atoms with Gasteiger partial charge in [0, 0.05) is 19.3 Å². The van der Waals surface area contributed by atoms with E-state index in [-0.39, 0.29) is 25.0 Å². The highest BCUT2D eigenvalue weighted by atomic mass is 16.4. The summed E-state index contributed by atoms with van der Waals surface area (Å²) in [7, 11) is 0. The van der Waals surface area contributed by atoms with Gasteiger partial charge in [-0.25, -0.2) is 4.79 Å². The van der Waals surface area contributed by atoms with Crippen molar-refractivity contribution in [3.8, 4) is 5.75 Å². The fourth-order valence-corrected chi connectivity index (χ4v) is 4.39. The fourth-order valence-electron chi connectivity index (χ4n) is 4.39. The molecule has 3 rings (SSSR count). The van der Waals surface area contributed by atoms with Crippen LogP contribution < -0.4 is 21.3 Å². The molecule has 1 fully saturated rings. The molecule has 7 N–H and O–H groups in total. The van der Waals surface area contributed by atoms with Crippen LogP contribution in [0.15, 0.2) is 54.6 Å². The first kappa shape index (κ1) is 30.1. The van der Waals surface area contributed by atoms with Crippen LogP contribution in [0.25, 0.3) is 0 Å². The van der Waals surface area contributed by atoms with E-state index in [1.165, 1.54) is 12.1 Å². The minimum atomic E-state index is -1.37. The van der Waals surface area contributed by atoms with E-state index in [2.05, 4.69) is 21.3 Å². The molecule has 0 spiro atoms. The Morgan fingerprint density at radius 1 is 0.800 bits per heavy atom. The molecular weight excluding hydrogens is 520 g/mol. The molecule has 214 valence electrons. The number of amides is 3. The molecule has 1 aliphatic rings. The van der Waals surface area contributed by atoms with E-state index >= 15 is 0 Å². The van der Waals surface area contributed by atoms with Gasteiger partial charge < -0.3 is 36.6 Å². The van der Waals surface area contributed by atoms with Gasteiger partial charge in [0.15, 0.2) is 0 Å². The predicted octanol–water partition coefficient (Wildman–Crippen LogP) is 0.333. The van der Waals surface area contributed by atoms with E-state index in [1.807, 2.05) is 0 Å². The van der Waals surface area contributed by atoms with Crippen LogP contribution in [0.5, 0.6) is 5.75 Å². The van der Waals surface area contributed by atoms with E-state index in [0.717, 1.165) is 6.42 Å². The third kappa shape index (κ3) is 9.38. The number of phenolic OH excluding ortho intramolecular Hbond substituents is 1. The Morgan fingerprint density at radius 2 is 1.40 bits per heavy atom. The van der Waals surface area contributed by atoms with Gasteiger partial charge in [0.1, 0.15) is 23.9 Å². The lowest BCUT2D eigenvalue weighted by Gasteiger charge is -2.25. The van der Waals surface area contributed by atoms with E-state index in [0.29, 0.717) is 24.1 Å². The molecule has 0 bridgehead atoms. The van der Waals surface area contributed by atoms with E-state index < -0.39 is 60.2 Å². The Labute approximate surface area is 231 Å². The van der Waals surface area contributed by atoms with Crippen LogP contribution in [-0.2, 0) is 36.8 Å². The van der Waals surface area contributed by atoms with Crippen molar-refractivity contribution >= 4 is 29.7 Å². The molecule has 40 heavy (non-hydrogen) atoms. The Kier molecular flexibility index (Phi) is 11.0. The number of phenols is 1. The van der Waals surface area contributed by atoms with Gasteiger partial charge in [-0.15, -0.1) is 0 Å². The van der Waals surface area contributed by atoms with Crippen molar-refractivity contribution < 1.29 is 39.3 Å². The number of nitrogens with one attached hydrogen (secondary N) is 4. The van der Waals surface area contributed by atoms with Crippen molar-refractivity contribution in [2.75, 3.05) is 6.54 Å². The minimum absolute atomic E-state index is 0.0184. The van der Waals surface area contributed by atoms with Crippen LogP contribution >= 0.6 is 0 Å². The van der Waals surface area contributed by atoms with Gasteiger partial charge in [-0.05, 0) is 49.1 Å². The lowest BCUT2D eigenvalue weighted by Crippen LogP contribution is -2.57. The van der Waals surface area contributed by atoms with Crippen LogP contribution in [0.2, 0.25) is 0 Å². The normalized spacial score (nSPS) is 16.8. The van der Waals surface area contributed by atoms with Crippen molar-refractivity contribution in [2.45, 2.75) is 62.7 Å². The number of aromatic hydroxyl groups is 1. The summed E-state index contributed by atoms with van der Waals surface area (Å²) in [4.78, 5) is 62.5. The highest BCUT2D eigenvalue weighted by molar-refractivity contribution is 5.94. The Hall–Kier alpha value is -4.45. The van der Waals surface area contributed by atoms with Crippen LogP contribution in [-0.4, -0.2) is 75.7 Å². The van der Waals surface area contributed by atoms with Crippen molar-refractivity contribution in [3.05, 3.63) is 65.7 Å². The number of carboxylic acids is 2. The monoisotopic (exact) mass is 554 g/mol. The van der Waals surface area contributed by atoms with Gasteiger partial charge in [0.25, 0.3) is 0 Å². The molecule has 0 radical (unpaired) electrons. The van der Waals surface area contributed by atoms with Gasteiger partial charge in [-0.3, -0.25) is 19.2 Å². The van der Waals surface area contributed by atoms with E-state index in [4.69, 9.17) is 0 Å². The summed E-state index contributed by atoms with van der Waals surface area (Å²) in [5, 5.41) is 39.1. The number of carbonyl (C=O) groups is 5. The molecule has 0 aromatic heterocycles. The molecule has 4 atom stereocenters. The van der Waals surface area contributed by atoms with Gasteiger partial charge in [-0.2, -0.15) is 0 Å². The second-order valence-corrected chi connectivity index (χ2v) is 9.66. The molecule has 12 heteroatoms.